The lowest BCUT2D eigenvalue weighted by Gasteiger charge is -2.36. The molecule has 1 saturated carbocycles. The third-order valence-corrected chi connectivity index (χ3v) is 7.04. The molecule has 7 heteroatoms. The second-order valence-electron chi connectivity index (χ2n) is 7.27. The van der Waals surface area contributed by atoms with E-state index in [2.05, 4.69) is 25.8 Å². The lowest BCUT2D eigenvalue weighted by molar-refractivity contribution is -0.152. The molecule has 0 saturated heterocycles. The van der Waals surface area contributed by atoms with E-state index in [9.17, 15) is 9.59 Å². The lowest BCUT2D eigenvalue weighted by Crippen LogP contribution is -2.36. The molecule has 1 amide bonds. The van der Waals surface area contributed by atoms with Gasteiger partial charge in [-0.25, -0.2) is 4.98 Å². The van der Waals surface area contributed by atoms with Crippen LogP contribution in [-0.4, -0.2) is 28.7 Å². The molecule has 25 heavy (non-hydrogen) atoms. The van der Waals surface area contributed by atoms with E-state index >= 15 is 0 Å². The number of esters is 1. The fourth-order valence-electron chi connectivity index (χ4n) is 3.36. The van der Waals surface area contributed by atoms with Crippen molar-refractivity contribution in [3.63, 3.8) is 0 Å². The Kier molecular flexibility index (Phi) is 7.31. The van der Waals surface area contributed by atoms with Gasteiger partial charge in [-0.05, 0) is 37.5 Å². The third kappa shape index (κ3) is 5.99. The molecule has 1 aromatic heterocycles. The molecule has 1 aliphatic carbocycles. The van der Waals surface area contributed by atoms with E-state index < -0.39 is 0 Å². The van der Waals surface area contributed by atoms with Gasteiger partial charge in [-0.2, -0.15) is 0 Å². The Morgan fingerprint density at radius 2 is 2.12 bits per heavy atom. The summed E-state index contributed by atoms with van der Waals surface area (Å²) < 4.78 is 6.58. The minimum atomic E-state index is -0.367. The van der Waals surface area contributed by atoms with Crippen LogP contribution in [0.3, 0.4) is 0 Å². The molecule has 3 atom stereocenters. The molecule has 0 radical (unpaired) electrons. The molecule has 0 spiro atoms. The second-order valence-corrected chi connectivity index (χ2v) is 9.58. The lowest BCUT2D eigenvalue weighted by atomic mass is 9.75. The molecule has 1 aromatic rings. The van der Waals surface area contributed by atoms with Gasteiger partial charge < -0.3 is 10.5 Å². The van der Waals surface area contributed by atoms with Crippen LogP contribution in [0.4, 0.5) is 0 Å². The van der Waals surface area contributed by atoms with Crippen molar-refractivity contribution in [1.82, 2.24) is 4.98 Å². The van der Waals surface area contributed by atoms with Crippen molar-refractivity contribution >= 4 is 35.0 Å². The van der Waals surface area contributed by atoms with Crippen LogP contribution < -0.4 is 5.73 Å². The highest BCUT2D eigenvalue weighted by Gasteiger charge is 2.33. The van der Waals surface area contributed by atoms with Gasteiger partial charge in [0.1, 0.15) is 6.10 Å². The number of amides is 1. The zero-order valence-corrected chi connectivity index (χ0v) is 17.0. The Bertz CT molecular complexity index is 615. The predicted octanol–water partition coefficient (Wildman–Crippen LogP) is 3.58. The number of aryl methyl sites for hydroxylation is 1. The van der Waals surface area contributed by atoms with Gasteiger partial charge in [0.15, 0.2) is 4.34 Å². The smallest absolute Gasteiger partial charge is 0.316 e. The normalized spacial score (nSPS) is 23.6. The third-order valence-electron chi connectivity index (χ3n) is 4.77. The quantitative estimate of drug-likeness (QED) is 0.574. The van der Waals surface area contributed by atoms with Crippen molar-refractivity contribution in [1.29, 1.82) is 0 Å². The number of nitrogens with two attached hydrogens (primary N) is 1. The fourth-order valence-corrected chi connectivity index (χ4v) is 5.39. The van der Waals surface area contributed by atoms with Crippen molar-refractivity contribution in [2.45, 2.75) is 63.8 Å². The Morgan fingerprint density at radius 3 is 2.76 bits per heavy atom. The van der Waals surface area contributed by atoms with Crippen molar-refractivity contribution < 1.29 is 14.3 Å². The summed E-state index contributed by atoms with van der Waals surface area (Å²) in [5, 5.41) is 0. The standard InChI is InChI=1S/C18H28N2O3S2/c1-10(2)13-6-5-11(3)7-14(13)23-17(22)9-24-18-20-12(4)15(25-18)8-16(19)21/h10-11,13-14H,5-9H2,1-4H3,(H2,19,21). The van der Waals surface area contributed by atoms with Crippen LogP contribution in [0, 0.1) is 24.7 Å². The SMILES string of the molecule is Cc1nc(SCC(=O)OC2CC(C)CCC2C(C)C)sc1CC(N)=O. The van der Waals surface area contributed by atoms with Crippen molar-refractivity contribution in [3.8, 4) is 0 Å². The van der Waals surface area contributed by atoms with E-state index in [1.165, 1.54) is 29.5 Å². The van der Waals surface area contributed by atoms with Crippen LogP contribution >= 0.6 is 23.1 Å². The molecular weight excluding hydrogens is 356 g/mol. The summed E-state index contributed by atoms with van der Waals surface area (Å²) in [6.07, 6.45) is 3.53. The molecule has 1 aliphatic rings. The first-order valence-corrected chi connectivity index (χ1v) is 10.6. The highest BCUT2D eigenvalue weighted by molar-refractivity contribution is 8.01. The van der Waals surface area contributed by atoms with E-state index in [0.29, 0.717) is 17.8 Å². The van der Waals surface area contributed by atoms with Gasteiger partial charge in [0.2, 0.25) is 5.91 Å². The molecule has 3 unspecified atom stereocenters. The molecule has 5 nitrogen and oxygen atoms in total. The van der Waals surface area contributed by atoms with Crippen molar-refractivity contribution in [3.05, 3.63) is 10.6 Å². The zero-order chi connectivity index (χ0) is 18.6. The first-order valence-electron chi connectivity index (χ1n) is 8.83. The van der Waals surface area contributed by atoms with Crippen molar-refractivity contribution in [2.75, 3.05) is 5.75 Å². The number of primary amides is 1. The van der Waals surface area contributed by atoms with Crippen LogP contribution in [0.2, 0.25) is 0 Å². The van der Waals surface area contributed by atoms with E-state index in [0.717, 1.165) is 27.8 Å². The number of nitrogens with zero attached hydrogens (tertiary/aromatic N) is 1. The highest BCUT2D eigenvalue weighted by atomic mass is 32.2. The highest BCUT2D eigenvalue weighted by Crippen LogP contribution is 2.36. The van der Waals surface area contributed by atoms with E-state index in [4.69, 9.17) is 10.5 Å². The molecule has 140 valence electrons. The number of rotatable bonds is 7. The monoisotopic (exact) mass is 384 g/mol. The summed E-state index contributed by atoms with van der Waals surface area (Å²) in [6, 6.07) is 0. The maximum atomic E-state index is 12.3. The summed E-state index contributed by atoms with van der Waals surface area (Å²) in [4.78, 5) is 28.6. The number of thiazole rings is 1. The number of ether oxygens (including phenoxy) is 1. The van der Waals surface area contributed by atoms with Gasteiger partial charge in [-0.3, -0.25) is 9.59 Å². The summed E-state index contributed by atoms with van der Waals surface area (Å²) >= 11 is 2.80. The van der Waals surface area contributed by atoms with Gasteiger partial charge in [0.05, 0.1) is 17.9 Å². The van der Waals surface area contributed by atoms with Crippen LogP contribution in [-0.2, 0) is 20.7 Å². The number of thioether (sulfide) groups is 1. The number of hydrogen-bond acceptors (Lipinski definition) is 6. The summed E-state index contributed by atoms with van der Waals surface area (Å²) in [5.41, 5.74) is 6.04. The van der Waals surface area contributed by atoms with Gasteiger partial charge in [-0.1, -0.05) is 39.0 Å². The van der Waals surface area contributed by atoms with Crippen LogP contribution in [0.25, 0.3) is 0 Å². The summed E-state index contributed by atoms with van der Waals surface area (Å²) in [6.45, 7) is 8.49. The second kappa shape index (κ2) is 9.03. The Morgan fingerprint density at radius 1 is 1.40 bits per heavy atom. The van der Waals surface area contributed by atoms with E-state index in [-0.39, 0.29) is 30.2 Å². The zero-order valence-electron chi connectivity index (χ0n) is 15.4. The fraction of sp³-hybridized carbons (Fsp3) is 0.722. The first-order chi connectivity index (χ1) is 11.8. The topological polar surface area (TPSA) is 82.3 Å². The Labute approximate surface area is 158 Å². The molecule has 1 heterocycles. The maximum Gasteiger partial charge on any atom is 0.316 e. The van der Waals surface area contributed by atoms with Crippen LogP contribution in [0.15, 0.2) is 4.34 Å². The van der Waals surface area contributed by atoms with E-state index in [1.54, 1.807) is 0 Å². The average Bonchev–Trinajstić information content (AvgIpc) is 2.84. The van der Waals surface area contributed by atoms with Crippen molar-refractivity contribution in [2.24, 2.45) is 23.5 Å². The number of hydrogen-bond donors (Lipinski definition) is 1. The molecule has 0 aliphatic heterocycles. The molecule has 0 aromatic carbocycles. The van der Waals surface area contributed by atoms with Crippen LogP contribution in [0.1, 0.15) is 50.6 Å². The molecule has 1 fully saturated rings. The minimum Gasteiger partial charge on any atom is -0.461 e. The average molecular weight is 385 g/mol. The van der Waals surface area contributed by atoms with Gasteiger partial charge in [-0.15, -0.1) is 11.3 Å². The number of carbonyl (C=O) groups excluding carboxylic acids is 2. The van der Waals surface area contributed by atoms with E-state index in [1.807, 2.05) is 6.92 Å². The molecule has 0 bridgehead atoms. The summed E-state index contributed by atoms with van der Waals surface area (Å²) in [7, 11) is 0. The molecular formula is C18H28N2O3S2. The summed E-state index contributed by atoms with van der Waals surface area (Å²) in [5.74, 6) is 1.29. The van der Waals surface area contributed by atoms with Gasteiger partial charge >= 0.3 is 5.97 Å². The number of carbonyl (C=O) groups is 2. The molecule has 2 rings (SSSR count). The maximum absolute atomic E-state index is 12.3. The minimum absolute atomic E-state index is 0.0281. The Hall–Kier alpha value is -1.08. The van der Waals surface area contributed by atoms with Gasteiger partial charge in [0, 0.05) is 4.88 Å². The number of aromatic nitrogens is 1. The largest absolute Gasteiger partial charge is 0.461 e. The first kappa shape index (κ1) is 20.2. The van der Waals surface area contributed by atoms with Gasteiger partial charge in [0.25, 0.3) is 0 Å². The predicted molar refractivity (Wildman–Crippen MR) is 102 cm³/mol. The van der Waals surface area contributed by atoms with Crippen LogP contribution in [0.5, 0.6) is 0 Å². The molecule has 2 N–H and O–H groups in total. The Balaban J connectivity index is 1.88.